The Bertz CT molecular complexity index is 618. The number of carbonyl (C=O) groups excluding carboxylic acids is 1. The van der Waals surface area contributed by atoms with Gasteiger partial charge >= 0.3 is 0 Å². The van der Waals surface area contributed by atoms with E-state index >= 15 is 0 Å². The zero-order chi connectivity index (χ0) is 14.7. The average molecular weight is 273 g/mol. The topological polar surface area (TPSA) is 87.0 Å². The zero-order valence-electron chi connectivity index (χ0n) is 11.9. The van der Waals surface area contributed by atoms with Crippen LogP contribution < -0.4 is 16.0 Å². The molecule has 0 aliphatic carbocycles. The number of H-pyrrole nitrogens is 1. The molecule has 6 heteroatoms. The van der Waals surface area contributed by atoms with Crippen LogP contribution >= 0.6 is 0 Å². The molecule has 2 rings (SSSR count). The predicted octanol–water partition coefficient (Wildman–Crippen LogP) is 1.87. The second kappa shape index (κ2) is 5.64. The van der Waals surface area contributed by atoms with Crippen molar-refractivity contribution in [3.63, 3.8) is 0 Å². The number of nitrogen functional groups attached to an aromatic ring is 1. The van der Waals surface area contributed by atoms with E-state index in [1.165, 1.54) is 0 Å². The molecular weight excluding hydrogens is 254 g/mol. The van der Waals surface area contributed by atoms with Gasteiger partial charge in [0.25, 0.3) is 5.91 Å². The first-order chi connectivity index (χ1) is 9.54. The summed E-state index contributed by atoms with van der Waals surface area (Å²) < 4.78 is 0. The molecule has 0 spiro atoms. The first kappa shape index (κ1) is 13.9. The average Bonchev–Trinajstić information content (AvgIpc) is 2.80. The van der Waals surface area contributed by atoms with Gasteiger partial charge in [0.05, 0.1) is 22.8 Å². The molecule has 6 nitrogen and oxygen atoms in total. The van der Waals surface area contributed by atoms with Crippen LogP contribution in [-0.2, 0) is 6.42 Å². The number of benzene rings is 1. The van der Waals surface area contributed by atoms with Crippen LogP contribution in [0.5, 0.6) is 0 Å². The number of aromatic amines is 1. The van der Waals surface area contributed by atoms with E-state index in [0.29, 0.717) is 12.1 Å². The molecule has 0 saturated heterocycles. The third-order valence-electron chi connectivity index (χ3n) is 3.09. The molecule has 1 amide bonds. The quantitative estimate of drug-likeness (QED) is 0.793. The maximum Gasteiger partial charge on any atom is 0.278 e. The van der Waals surface area contributed by atoms with Crippen molar-refractivity contribution in [1.82, 2.24) is 10.2 Å². The van der Waals surface area contributed by atoms with Gasteiger partial charge in [0.15, 0.2) is 5.69 Å². The predicted molar refractivity (Wildman–Crippen MR) is 81.1 cm³/mol. The summed E-state index contributed by atoms with van der Waals surface area (Å²) >= 11 is 0. The third kappa shape index (κ3) is 2.59. The number of hydrogen-bond donors (Lipinski definition) is 3. The summed E-state index contributed by atoms with van der Waals surface area (Å²) in [5.74, 6) is -0.312. The van der Waals surface area contributed by atoms with E-state index in [9.17, 15) is 4.79 Å². The van der Waals surface area contributed by atoms with Crippen LogP contribution in [0.4, 0.5) is 17.1 Å². The molecule has 0 radical (unpaired) electrons. The highest BCUT2D eigenvalue weighted by Crippen LogP contribution is 2.24. The highest BCUT2D eigenvalue weighted by molar-refractivity contribution is 6.07. The molecule has 1 aromatic heterocycles. The SMILES string of the molecule is CCc1[nH]nc(C(=O)Nc2ccccc2N(C)C)c1N. The van der Waals surface area contributed by atoms with Gasteiger partial charge in [0, 0.05) is 14.1 Å². The van der Waals surface area contributed by atoms with E-state index in [2.05, 4.69) is 15.5 Å². The molecule has 0 bridgehead atoms. The first-order valence-electron chi connectivity index (χ1n) is 6.45. The highest BCUT2D eigenvalue weighted by atomic mass is 16.2. The lowest BCUT2D eigenvalue weighted by Gasteiger charge is -2.17. The second-order valence-corrected chi connectivity index (χ2v) is 4.68. The van der Waals surface area contributed by atoms with E-state index < -0.39 is 0 Å². The summed E-state index contributed by atoms with van der Waals surface area (Å²) in [5, 5.41) is 9.61. The molecule has 2 aromatic rings. The van der Waals surface area contributed by atoms with E-state index in [4.69, 9.17) is 5.73 Å². The number of nitrogens with zero attached hydrogens (tertiary/aromatic N) is 2. The number of nitrogens with one attached hydrogen (secondary N) is 2. The Kier molecular flexibility index (Phi) is 3.93. The fourth-order valence-electron chi connectivity index (χ4n) is 1.98. The summed E-state index contributed by atoms with van der Waals surface area (Å²) in [5.41, 5.74) is 8.96. The molecule has 0 aliphatic rings. The molecule has 1 aromatic carbocycles. The maximum atomic E-state index is 12.2. The fourth-order valence-corrected chi connectivity index (χ4v) is 1.98. The molecule has 0 aliphatic heterocycles. The van der Waals surface area contributed by atoms with Crippen molar-refractivity contribution in [2.75, 3.05) is 30.0 Å². The van der Waals surface area contributed by atoms with Gasteiger partial charge in [0.1, 0.15) is 0 Å². The Morgan fingerprint density at radius 2 is 2.10 bits per heavy atom. The van der Waals surface area contributed by atoms with Gasteiger partial charge in [-0.25, -0.2) is 0 Å². The van der Waals surface area contributed by atoms with Gasteiger partial charge in [-0.3, -0.25) is 9.89 Å². The molecule has 0 fully saturated rings. The van der Waals surface area contributed by atoms with Crippen molar-refractivity contribution in [3.05, 3.63) is 35.7 Å². The lowest BCUT2D eigenvalue weighted by Crippen LogP contribution is -2.18. The molecule has 1 heterocycles. The number of aryl methyl sites for hydroxylation is 1. The minimum absolute atomic E-state index is 0.232. The molecule has 106 valence electrons. The minimum atomic E-state index is -0.312. The maximum absolute atomic E-state index is 12.2. The van der Waals surface area contributed by atoms with Crippen molar-refractivity contribution in [1.29, 1.82) is 0 Å². The zero-order valence-corrected chi connectivity index (χ0v) is 11.9. The Morgan fingerprint density at radius 1 is 1.40 bits per heavy atom. The Balaban J connectivity index is 2.26. The minimum Gasteiger partial charge on any atom is -0.395 e. The van der Waals surface area contributed by atoms with Crippen LogP contribution in [0.3, 0.4) is 0 Å². The number of carbonyl (C=O) groups is 1. The molecule has 0 atom stereocenters. The highest BCUT2D eigenvalue weighted by Gasteiger charge is 2.17. The van der Waals surface area contributed by atoms with Crippen molar-refractivity contribution in [2.24, 2.45) is 0 Å². The van der Waals surface area contributed by atoms with Crippen LogP contribution in [0.25, 0.3) is 0 Å². The number of rotatable bonds is 4. The van der Waals surface area contributed by atoms with Crippen molar-refractivity contribution < 1.29 is 4.79 Å². The number of hydrogen-bond acceptors (Lipinski definition) is 4. The summed E-state index contributed by atoms with van der Waals surface area (Å²) in [6.07, 6.45) is 0.709. The Labute approximate surface area is 118 Å². The van der Waals surface area contributed by atoms with Crippen LogP contribution in [0.15, 0.2) is 24.3 Å². The van der Waals surface area contributed by atoms with E-state index in [0.717, 1.165) is 17.1 Å². The van der Waals surface area contributed by atoms with Gasteiger partial charge in [-0.2, -0.15) is 5.10 Å². The monoisotopic (exact) mass is 273 g/mol. The standard InChI is InChI=1S/C14H19N5O/c1-4-9-12(15)13(18-17-9)14(20)16-10-7-5-6-8-11(10)19(2)3/h5-8H,4,15H2,1-3H3,(H,16,20)(H,17,18). The van der Waals surface area contributed by atoms with Gasteiger partial charge < -0.3 is 16.0 Å². The summed E-state index contributed by atoms with van der Waals surface area (Å²) in [7, 11) is 3.84. The lowest BCUT2D eigenvalue weighted by molar-refractivity contribution is 0.102. The lowest BCUT2D eigenvalue weighted by atomic mass is 10.2. The molecule has 0 unspecified atom stereocenters. The fraction of sp³-hybridized carbons (Fsp3) is 0.286. The molecule has 0 saturated carbocycles. The van der Waals surface area contributed by atoms with E-state index in [1.807, 2.05) is 50.2 Å². The molecular formula is C14H19N5O. The molecule has 20 heavy (non-hydrogen) atoms. The normalized spacial score (nSPS) is 10.3. The van der Waals surface area contributed by atoms with E-state index in [1.54, 1.807) is 0 Å². The molecule has 4 N–H and O–H groups in total. The first-order valence-corrected chi connectivity index (χ1v) is 6.45. The largest absolute Gasteiger partial charge is 0.395 e. The van der Waals surface area contributed by atoms with Gasteiger partial charge in [-0.15, -0.1) is 0 Å². The Hall–Kier alpha value is -2.50. The second-order valence-electron chi connectivity index (χ2n) is 4.68. The summed E-state index contributed by atoms with van der Waals surface area (Å²) in [6.45, 7) is 1.95. The third-order valence-corrected chi connectivity index (χ3v) is 3.09. The van der Waals surface area contributed by atoms with Gasteiger partial charge in [-0.05, 0) is 18.6 Å². The van der Waals surface area contributed by atoms with Crippen LogP contribution in [-0.4, -0.2) is 30.2 Å². The van der Waals surface area contributed by atoms with Gasteiger partial charge in [-0.1, -0.05) is 19.1 Å². The van der Waals surface area contributed by atoms with Gasteiger partial charge in [0.2, 0.25) is 0 Å². The van der Waals surface area contributed by atoms with Crippen LogP contribution in [0, 0.1) is 0 Å². The summed E-state index contributed by atoms with van der Waals surface area (Å²) in [6, 6.07) is 7.56. The van der Waals surface area contributed by atoms with Crippen molar-refractivity contribution >= 4 is 23.0 Å². The Morgan fingerprint density at radius 3 is 2.70 bits per heavy atom. The number of para-hydroxylation sites is 2. The van der Waals surface area contributed by atoms with Crippen LogP contribution in [0.1, 0.15) is 23.1 Å². The number of aromatic nitrogens is 2. The van der Waals surface area contributed by atoms with E-state index in [-0.39, 0.29) is 11.6 Å². The van der Waals surface area contributed by atoms with Crippen LogP contribution in [0.2, 0.25) is 0 Å². The smallest absolute Gasteiger partial charge is 0.278 e. The summed E-state index contributed by atoms with van der Waals surface area (Å²) in [4.78, 5) is 14.2. The van der Waals surface area contributed by atoms with Crippen molar-refractivity contribution in [2.45, 2.75) is 13.3 Å². The number of amides is 1. The number of anilines is 3. The van der Waals surface area contributed by atoms with Crippen molar-refractivity contribution in [3.8, 4) is 0 Å². The number of nitrogens with two attached hydrogens (primary N) is 1.